The zero-order chi connectivity index (χ0) is 14.4. The van der Waals surface area contributed by atoms with Crippen LogP contribution in [0.15, 0.2) is 41.2 Å². The van der Waals surface area contributed by atoms with Gasteiger partial charge in [-0.2, -0.15) is 0 Å². The molecule has 0 radical (unpaired) electrons. The summed E-state index contributed by atoms with van der Waals surface area (Å²) in [5.74, 6) is 0.803. The van der Waals surface area contributed by atoms with Crippen LogP contribution in [0.2, 0.25) is 0 Å². The summed E-state index contributed by atoms with van der Waals surface area (Å²) in [5, 5.41) is 0. The fourth-order valence-corrected chi connectivity index (χ4v) is 3.32. The maximum Gasteiger partial charge on any atom is 0.319 e. The molecule has 0 spiro atoms. The van der Waals surface area contributed by atoms with Gasteiger partial charge in [-0.05, 0) is 56.4 Å². The second-order valence-electron chi connectivity index (χ2n) is 6.09. The van der Waals surface area contributed by atoms with Gasteiger partial charge in [0, 0.05) is 5.92 Å². The molecule has 2 aliphatic rings. The molecular weight excluding hydrogens is 248 g/mol. The highest BCUT2D eigenvalue weighted by Crippen LogP contribution is 2.46. The Hall–Kier alpha value is -1.83. The zero-order valence-electron chi connectivity index (χ0n) is 12.5. The maximum absolute atomic E-state index is 12.3. The van der Waals surface area contributed by atoms with Crippen LogP contribution in [-0.4, -0.2) is 5.97 Å². The van der Waals surface area contributed by atoms with E-state index in [1.165, 1.54) is 16.7 Å². The molecule has 1 saturated heterocycles. The number of allylic oxidation sites excluding steroid dienone is 4. The maximum atomic E-state index is 12.3. The van der Waals surface area contributed by atoms with Crippen LogP contribution in [0.1, 0.15) is 42.9 Å². The summed E-state index contributed by atoms with van der Waals surface area (Å²) in [4.78, 5) is 12.3. The number of esters is 1. The van der Waals surface area contributed by atoms with E-state index in [0.717, 1.165) is 23.3 Å². The lowest BCUT2D eigenvalue weighted by Crippen LogP contribution is -2.16. The summed E-state index contributed by atoms with van der Waals surface area (Å²) in [6, 6.07) is 6.30. The average molecular weight is 268 g/mol. The molecular formula is C18H20O2. The highest BCUT2D eigenvalue weighted by molar-refractivity contribution is 5.83. The summed E-state index contributed by atoms with van der Waals surface area (Å²) >= 11 is 0. The van der Waals surface area contributed by atoms with Crippen LogP contribution < -0.4 is 0 Å². The van der Waals surface area contributed by atoms with Gasteiger partial charge in [-0.1, -0.05) is 29.8 Å². The molecule has 1 aliphatic carbocycles. The Labute approximate surface area is 120 Å². The molecule has 104 valence electrons. The van der Waals surface area contributed by atoms with Gasteiger partial charge in [-0.25, -0.2) is 0 Å². The van der Waals surface area contributed by atoms with Gasteiger partial charge < -0.3 is 4.74 Å². The summed E-state index contributed by atoms with van der Waals surface area (Å²) in [6.07, 6.45) is 3.04. The number of hydrogen-bond donors (Lipinski definition) is 0. The Balaban J connectivity index is 2.04. The zero-order valence-corrected chi connectivity index (χ0v) is 12.5. The van der Waals surface area contributed by atoms with E-state index in [1.807, 2.05) is 6.92 Å². The molecule has 0 aromatic heterocycles. The molecule has 1 fully saturated rings. The Morgan fingerprint density at radius 1 is 1.10 bits per heavy atom. The first kappa shape index (κ1) is 13.2. The van der Waals surface area contributed by atoms with E-state index < -0.39 is 0 Å². The van der Waals surface area contributed by atoms with Crippen LogP contribution in [0.3, 0.4) is 0 Å². The Bertz CT molecular complexity index is 649. The molecule has 3 rings (SSSR count). The van der Waals surface area contributed by atoms with Crippen molar-refractivity contribution in [1.82, 2.24) is 0 Å². The highest BCUT2D eigenvalue weighted by Gasteiger charge is 2.44. The summed E-state index contributed by atoms with van der Waals surface area (Å²) < 4.78 is 5.56. The van der Waals surface area contributed by atoms with Gasteiger partial charge in [-0.15, -0.1) is 0 Å². The largest absolute Gasteiger partial charge is 0.430 e. The minimum absolute atomic E-state index is 0.101. The quantitative estimate of drug-likeness (QED) is 0.714. The molecule has 1 heterocycles. The number of carbonyl (C=O) groups is 1. The van der Waals surface area contributed by atoms with Crippen molar-refractivity contribution in [1.29, 1.82) is 0 Å². The van der Waals surface area contributed by atoms with Crippen molar-refractivity contribution in [2.45, 2.75) is 40.0 Å². The van der Waals surface area contributed by atoms with E-state index in [-0.39, 0.29) is 17.8 Å². The van der Waals surface area contributed by atoms with E-state index in [2.05, 4.69) is 45.0 Å². The number of hydrogen-bond acceptors (Lipinski definition) is 2. The van der Waals surface area contributed by atoms with E-state index in [1.54, 1.807) is 0 Å². The number of aryl methyl sites for hydroxylation is 2. The van der Waals surface area contributed by atoms with Crippen LogP contribution in [0.4, 0.5) is 0 Å². The number of ether oxygens (including phenoxy) is 1. The van der Waals surface area contributed by atoms with E-state index in [0.29, 0.717) is 0 Å². The normalized spacial score (nSPS) is 25.4. The van der Waals surface area contributed by atoms with Gasteiger partial charge in [0.25, 0.3) is 0 Å². The van der Waals surface area contributed by atoms with E-state index in [4.69, 9.17) is 4.74 Å². The van der Waals surface area contributed by atoms with Crippen molar-refractivity contribution in [3.05, 3.63) is 57.9 Å². The molecule has 2 atom stereocenters. The van der Waals surface area contributed by atoms with Crippen LogP contribution >= 0.6 is 0 Å². The third kappa shape index (κ3) is 2.00. The first-order valence-corrected chi connectivity index (χ1v) is 7.14. The molecule has 2 unspecified atom stereocenters. The molecule has 0 bridgehead atoms. The van der Waals surface area contributed by atoms with Gasteiger partial charge >= 0.3 is 5.97 Å². The third-order valence-corrected chi connectivity index (χ3v) is 4.49. The lowest BCUT2D eigenvalue weighted by molar-refractivity contribution is -0.137. The van der Waals surface area contributed by atoms with Gasteiger partial charge in [-0.3, -0.25) is 4.79 Å². The van der Waals surface area contributed by atoms with Crippen LogP contribution in [0.25, 0.3) is 0 Å². The second kappa shape index (κ2) is 4.62. The van der Waals surface area contributed by atoms with Crippen molar-refractivity contribution in [2.24, 2.45) is 5.92 Å². The lowest BCUT2D eigenvalue weighted by atomic mass is 9.79. The SMILES string of the molecule is CC1=CC(C)=C2OC(=O)C(c3ccc(C)c(C)c3)C2C1. The molecule has 20 heavy (non-hydrogen) atoms. The minimum Gasteiger partial charge on any atom is -0.430 e. The molecule has 0 amide bonds. The van der Waals surface area contributed by atoms with Gasteiger partial charge in [0.15, 0.2) is 0 Å². The summed E-state index contributed by atoms with van der Waals surface area (Å²) in [7, 11) is 0. The fourth-order valence-electron chi connectivity index (χ4n) is 3.32. The van der Waals surface area contributed by atoms with Crippen LogP contribution in [0, 0.1) is 19.8 Å². The second-order valence-corrected chi connectivity index (χ2v) is 6.09. The van der Waals surface area contributed by atoms with Crippen molar-refractivity contribution < 1.29 is 9.53 Å². The Kier molecular flexibility index (Phi) is 3.04. The van der Waals surface area contributed by atoms with Crippen molar-refractivity contribution in [2.75, 3.05) is 0 Å². The van der Waals surface area contributed by atoms with E-state index >= 15 is 0 Å². The Morgan fingerprint density at radius 2 is 1.85 bits per heavy atom. The monoisotopic (exact) mass is 268 g/mol. The fraction of sp³-hybridized carbons (Fsp3) is 0.389. The number of benzene rings is 1. The first-order valence-electron chi connectivity index (χ1n) is 7.14. The van der Waals surface area contributed by atoms with Gasteiger partial charge in [0.05, 0.1) is 5.92 Å². The number of carbonyl (C=O) groups excluding carboxylic acids is 1. The van der Waals surface area contributed by atoms with Gasteiger partial charge in [0.1, 0.15) is 5.76 Å². The predicted molar refractivity (Wildman–Crippen MR) is 79.3 cm³/mol. The van der Waals surface area contributed by atoms with Gasteiger partial charge in [0.2, 0.25) is 0 Å². The Morgan fingerprint density at radius 3 is 2.55 bits per heavy atom. The molecule has 1 aromatic carbocycles. The molecule has 1 aliphatic heterocycles. The summed E-state index contributed by atoms with van der Waals surface area (Å²) in [6.45, 7) is 8.34. The lowest BCUT2D eigenvalue weighted by Gasteiger charge is -2.21. The average Bonchev–Trinajstić information content (AvgIpc) is 2.70. The van der Waals surface area contributed by atoms with E-state index in [9.17, 15) is 4.79 Å². The topological polar surface area (TPSA) is 26.3 Å². The molecule has 0 N–H and O–H groups in total. The first-order chi connectivity index (χ1) is 9.47. The minimum atomic E-state index is -0.150. The number of rotatable bonds is 1. The summed E-state index contributed by atoms with van der Waals surface area (Å²) in [5.41, 5.74) is 5.99. The molecule has 2 nitrogen and oxygen atoms in total. The molecule has 2 heteroatoms. The van der Waals surface area contributed by atoms with Crippen LogP contribution in [-0.2, 0) is 9.53 Å². The molecule has 1 aromatic rings. The highest BCUT2D eigenvalue weighted by atomic mass is 16.5. The number of fused-ring (bicyclic) bond motifs is 1. The molecule has 0 saturated carbocycles. The van der Waals surface area contributed by atoms with Crippen molar-refractivity contribution >= 4 is 5.97 Å². The standard InChI is InChI=1S/C18H20O2/c1-10-7-13(4)17-15(8-10)16(18(19)20-17)14-6-5-11(2)12(3)9-14/h5-7,9,15-16H,8H2,1-4H3. The van der Waals surface area contributed by atoms with Crippen molar-refractivity contribution in [3.63, 3.8) is 0 Å². The smallest absolute Gasteiger partial charge is 0.319 e. The van der Waals surface area contributed by atoms with Crippen LogP contribution in [0.5, 0.6) is 0 Å². The predicted octanol–water partition coefficient (Wildman–Crippen LogP) is 4.18. The third-order valence-electron chi connectivity index (χ3n) is 4.49. The van der Waals surface area contributed by atoms with Crippen molar-refractivity contribution in [3.8, 4) is 0 Å².